The second kappa shape index (κ2) is 13.2. The molecule has 29 heavy (non-hydrogen) atoms. The van der Waals surface area contributed by atoms with Crippen LogP contribution in [0.15, 0.2) is 29.2 Å². The Bertz CT molecular complexity index is 612. The van der Waals surface area contributed by atoms with Crippen LogP contribution >= 0.6 is 11.8 Å². The molecule has 0 amide bonds. The minimum Gasteiger partial charge on any atom is -0.469 e. The molecule has 3 unspecified atom stereocenters. The topological polar surface area (TPSA) is 66.8 Å². The van der Waals surface area contributed by atoms with Crippen molar-refractivity contribution in [1.29, 1.82) is 0 Å². The summed E-state index contributed by atoms with van der Waals surface area (Å²) in [5, 5.41) is 20.7. The van der Waals surface area contributed by atoms with E-state index >= 15 is 0 Å². The van der Waals surface area contributed by atoms with Gasteiger partial charge in [-0.3, -0.25) is 4.79 Å². The van der Waals surface area contributed by atoms with Gasteiger partial charge in [0.05, 0.1) is 19.3 Å². The van der Waals surface area contributed by atoms with E-state index in [1.807, 2.05) is 0 Å². The Morgan fingerprint density at radius 1 is 1.21 bits per heavy atom. The van der Waals surface area contributed by atoms with Crippen molar-refractivity contribution in [2.24, 2.45) is 11.8 Å². The average Bonchev–Trinajstić information content (AvgIpc) is 3.07. The molecular formula is C23H35FO4S. The summed E-state index contributed by atoms with van der Waals surface area (Å²) in [5.74, 6) is 0.836. The van der Waals surface area contributed by atoms with Crippen LogP contribution in [0.4, 0.5) is 4.39 Å². The fourth-order valence-electron chi connectivity index (χ4n) is 4.26. The van der Waals surface area contributed by atoms with Crippen LogP contribution in [0.25, 0.3) is 0 Å². The number of hydrogen-bond donors (Lipinski definition) is 2. The first-order chi connectivity index (χ1) is 14.0. The molecule has 6 heteroatoms. The summed E-state index contributed by atoms with van der Waals surface area (Å²) in [6, 6.07) is 6.63. The molecule has 2 N–H and O–H groups in total. The monoisotopic (exact) mass is 426 g/mol. The number of halogens is 1. The Morgan fingerprint density at radius 2 is 1.97 bits per heavy atom. The van der Waals surface area contributed by atoms with Gasteiger partial charge >= 0.3 is 5.97 Å². The van der Waals surface area contributed by atoms with Gasteiger partial charge in [-0.1, -0.05) is 37.8 Å². The molecule has 0 heterocycles. The zero-order chi connectivity index (χ0) is 21.1. The van der Waals surface area contributed by atoms with Crippen molar-refractivity contribution >= 4 is 17.7 Å². The highest BCUT2D eigenvalue weighted by Gasteiger charge is 2.34. The largest absolute Gasteiger partial charge is 0.469 e. The van der Waals surface area contributed by atoms with E-state index in [1.165, 1.54) is 24.9 Å². The Kier molecular flexibility index (Phi) is 11.0. The summed E-state index contributed by atoms with van der Waals surface area (Å²) in [6.07, 6.45) is 8.27. The average molecular weight is 427 g/mol. The van der Waals surface area contributed by atoms with Crippen molar-refractivity contribution in [2.75, 3.05) is 12.9 Å². The first-order valence-electron chi connectivity index (χ1n) is 10.8. The number of aliphatic hydroxyl groups excluding tert-OH is 2. The minimum absolute atomic E-state index is 0.143. The fraction of sp³-hybridized carbons (Fsp3) is 0.696. The first-order valence-corrected chi connectivity index (χ1v) is 11.8. The molecule has 1 aliphatic rings. The molecule has 1 saturated carbocycles. The molecule has 4 nitrogen and oxygen atoms in total. The summed E-state index contributed by atoms with van der Waals surface area (Å²) in [5.41, 5.74) is 0. The number of carbonyl (C=O) groups excluding carboxylic acids is 1. The van der Waals surface area contributed by atoms with Crippen molar-refractivity contribution in [2.45, 2.75) is 81.3 Å². The maximum absolute atomic E-state index is 13.7. The van der Waals surface area contributed by atoms with E-state index in [1.54, 1.807) is 18.2 Å². The molecule has 0 aromatic heterocycles. The third-order valence-electron chi connectivity index (χ3n) is 5.97. The van der Waals surface area contributed by atoms with Gasteiger partial charge in [-0.05, 0) is 56.1 Å². The lowest BCUT2D eigenvalue weighted by Gasteiger charge is -2.23. The summed E-state index contributed by atoms with van der Waals surface area (Å²) >= 11 is 1.34. The smallest absolute Gasteiger partial charge is 0.305 e. The molecule has 0 saturated heterocycles. The third kappa shape index (κ3) is 8.65. The van der Waals surface area contributed by atoms with E-state index in [9.17, 15) is 19.4 Å². The molecule has 164 valence electrons. The molecule has 1 aromatic rings. The number of rotatable bonds is 13. The third-order valence-corrected chi connectivity index (χ3v) is 7.16. The van der Waals surface area contributed by atoms with Crippen LogP contribution in [-0.2, 0) is 9.53 Å². The molecule has 2 rings (SSSR count). The number of benzene rings is 1. The van der Waals surface area contributed by atoms with Gasteiger partial charge in [-0.2, -0.15) is 0 Å². The van der Waals surface area contributed by atoms with E-state index in [2.05, 4.69) is 4.74 Å². The summed E-state index contributed by atoms with van der Waals surface area (Å²) in [6.45, 7) is 0. The van der Waals surface area contributed by atoms with E-state index in [4.69, 9.17) is 0 Å². The highest BCUT2D eigenvalue weighted by molar-refractivity contribution is 7.99. The van der Waals surface area contributed by atoms with Crippen LogP contribution in [0.1, 0.15) is 64.2 Å². The van der Waals surface area contributed by atoms with Gasteiger partial charge in [0, 0.05) is 17.1 Å². The molecule has 0 aliphatic heterocycles. The summed E-state index contributed by atoms with van der Waals surface area (Å²) in [7, 11) is 1.42. The first kappa shape index (κ1) is 24.2. The van der Waals surface area contributed by atoms with Crippen molar-refractivity contribution in [3.63, 3.8) is 0 Å². The highest BCUT2D eigenvalue weighted by atomic mass is 32.2. The van der Waals surface area contributed by atoms with Gasteiger partial charge in [-0.15, -0.1) is 11.8 Å². The maximum Gasteiger partial charge on any atom is 0.305 e. The number of thioether (sulfide) groups is 1. The van der Waals surface area contributed by atoms with E-state index < -0.39 is 6.10 Å². The predicted molar refractivity (Wildman–Crippen MR) is 114 cm³/mol. The summed E-state index contributed by atoms with van der Waals surface area (Å²) < 4.78 is 18.3. The maximum atomic E-state index is 13.7. The van der Waals surface area contributed by atoms with Crippen molar-refractivity contribution in [3.8, 4) is 0 Å². The molecule has 0 bridgehead atoms. The van der Waals surface area contributed by atoms with Crippen LogP contribution in [0.3, 0.4) is 0 Å². The fourth-order valence-corrected chi connectivity index (χ4v) is 5.18. The molecule has 1 aromatic carbocycles. The second-order valence-electron chi connectivity index (χ2n) is 8.07. The van der Waals surface area contributed by atoms with Crippen LogP contribution in [0.2, 0.25) is 0 Å². The Labute approximate surface area is 178 Å². The Morgan fingerprint density at radius 3 is 2.72 bits per heavy atom. The van der Waals surface area contributed by atoms with Crippen molar-refractivity contribution in [1.82, 2.24) is 0 Å². The van der Waals surface area contributed by atoms with Crippen LogP contribution in [0, 0.1) is 17.7 Å². The molecule has 1 fully saturated rings. The van der Waals surface area contributed by atoms with Gasteiger partial charge in [-0.25, -0.2) is 4.39 Å². The lowest BCUT2D eigenvalue weighted by Crippen LogP contribution is -2.22. The predicted octanol–water partition coefficient (Wildman–Crippen LogP) is 4.96. The number of unbranched alkanes of at least 4 members (excludes halogenated alkanes) is 3. The summed E-state index contributed by atoms with van der Waals surface area (Å²) in [4.78, 5) is 11.7. The highest BCUT2D eigenvalue weighted by Crippen LogP contribution is 2.39. The van der Waals surface area contributed by atoms with Gasteiger partial charge in [0.25, 0.3) is 0 Å². The zero-order valence-electron chi connectivity index (χ0n) is 17.4. The van der Waals surface area contributed by atoms with Crippen LogP contribution in [-0.4, -0.2) is 41.3 Å². The lowest BCUT2D eigenvalue weighted by atomic mass is 9.86. The van der Waals surface area contributed by atoms with Crippen molar-refractivity contribution in [3.05, 3.63) is 30.1 Å². The number of ether oxygens (including phenoxy) is 1. The van der Waals surface area contributed by atoms with Gasteiger partial charge in [0.15, 0.2) is 0 Å². The lowest BCUT2D eigenvalue weighted by molar-refractivity contribution is -0.140. The van der Waals surface area contributed by atoms with Crippen LogP contribution < -0.4 is 0 Å². The molecule has 0 spiro atoms. The second-order valence-corrected chi connectivity index (χ2v) is 9.13. The standard InChI is InChI=1S/C23H35FO4S/c1-28-23(27)11-5-3-2-4-8-17-12-15-21(26)19(17)14-13-18(25)16-29-22-10-7-6-9-20(22)24/h6-7,9-10,17-19,21,25-26H,2-5,8,11-16H2,1H3/t17?,18?,19?,21-/m1/s1. The molecule has 4 atom stereocenters. The van der Waals surface area contributed by atoms with Crippen LogP contribution in [0.5, 0.6) is 0 Å². The van der Waals surface area contributed by atoms with E-state index in [-0.39, 0.29) is 23.8 Å². The quantitative estimate of drug-likeness (QED) is 0.265. The zero-order valence-corrected chi connectivity index (χ0v) is 18.2. The molecular weight excluding hydrogens is 391 g/mol. The van der Waals surface area contributed by atoms with Gasteiger partial charge in [0.2, 0.25) is 0 Å². The number of hydrogen-bond acceptors (Lipinski definition) is 5. The number of esters is 1. The number of aliphatic hydroxyl groups is 2. The Balaban J connectivity index is 1.64. The number of methoxy groups -OCH3 is 1. The number of carbonyl (C=O) groups is 1. The normalized spacial score (nSPS) is 22.6. The molecule has 1 aliphatic carbocycles. The van der Waals surface area contributed by atoms with E-state index in [0.29, 0.717) is 29.4 Å². The molecule has 0 radical (unpaired) electrons. The van der Waals surface area contributed by atoms with Gasteiger partial charge < -0.3 is 14.9 Å². The van der Waals surface area contributed by atoms with Gasteiger partial charge in [0.1, 0.15) is 5.82 Å². The SMILES string of the molecule is COC(=O)CCCCCCC1CC[C@@H](O)C1CCC(O)CSc1ccccc1F. The van der Waals surface area contributed by atoms with E-state index in [0.717, 1.165) is 51.4 Å². The Hall–Kier alpha value is -1.11. The van der Waals surface area contributed by atoms with Crippen molar-refractivity contribution < 1.29 is 24.1 Å². The minimum atomic E-state index is -0.494.